The fourth-order valence-electron chi connectivity index (χ4n) is 4.02. The lowest BCUT2D eigenvalue weighted by Crippen LogP contribution is -2.23. The van der Waals surface area contributed by atoms with E-state index in [9.17, 15) is 0 Å². The van der Waals surface area contributed by atoms with E-state index in [1.807, 2.05) is 24.3 Å². The van der Waals surface area contributed by atoms with E-state index in [4.69, 9.17) is 14.1 Å². The molecule has 1 aliphatic heterocycles. The Labute approximate surface area is 163 Å². The van der Waals surface area contributed by atoms with Crippen molar-refractivity contribution in [2.24, 2.45) is 0 Å². The molecule has 1 saturated heterocycles. The minimum Gasteiger partial charge on any atom is -0.436 e. The summed E-state index contributed by atoms with van der Waals surface area (Å²) in [4.78, 5) is 11.8. The maximum absolute atomic E-state index is 5.95. The Morgan fingerprint density at radius 1 is 1.04 bits per heavy atom. The predicted octanol–water partition coefficient (Wildman–Crippen LogP) is 4.26. The van der Waals surface area contributed by atoms with Crippen LogP contribution in [0.15, 0.2) is 46.9 Å². The lowest BCUT2D eigenvalue weighted by Gasteiger charge is -2.26. The van der Waals surface area contributed by atoms with E-state index < -0.39 is 0 Å². The van der Waals surface area contributed by atoms with Crippen molar-refractivity contribution in [1.29, 1.82) is 0 Å². The molecule has 1 fully saturated rings. The molecule has 6 heteroatoms. The van der Waals surface area contributed by atoms with Gasteiger partial charge in [-0.05, 0) is 57.3 Å². The summed E-state index contributed by atoms with van der Waals surface area (Å²) in [6.45, 7) is 2.43. The number of hydrogen-bond donors (Lipinski definition) is 0. The molecule has 0 unspecified atom stereocenters. The number of aromatic nitrogens is 3. The fourth-order valence-corrected chi connectivity index (χ4v) is 4.02. The van der Waals surface area contributed by atoms with Gasteiger partial charge in [0.05, 0.1) is 17.6 Å². The van der Waals surface area contributed by atoms with Gasteiger partial charge in [0.1, 0.15) is 11.3 Å². The number of para-hydroxylation sites is 2. The zero-order valence-corrected chi connectivity index (χ0v) is 16.3. The molecule has 1 aliphatic rings. The van der Waals surface area contributed by atoms with Crippen molar-refractivity contribution in [2.75, 3.05) is 27.3 Å². The summed E-state index contributed by atoms with van der Waals surface area (Å²) < 4.78 is 13.9. The molecule has 5 rings (SSSR count). The van der Waals surface area contributed by atoms with Crippen molar-refractivity contribution in [1.82, 2.24) is 19.4 Å². The second kappa shape index (κ2) is 7.04. The smallest absolute Gasteiger partial charge is 0.227 e. The van der Waals surface area contributed by atoms with Crippen LogP contribution in [-0.4, -0.2) is 46.7 Å². The summed E-state index contributed by atoms with van der Waals surface area (Å²) in [5.41, 5.74) is 4.79. The summed E-state index contributed by atoms with van der Waals surface area (Å²) in [6, 6.07) is 14.6. The van der Waals surface area contributed by atoms with Gasteiger partial charge in [0, 0.05) is 24.8 Å². The maximum atomic E-state index is 5.95. The number of nitrogens with zero attached hydrogens (tertiary/aromatic N) is 4. The molecule has 6 nitrogen and oxygen atoms in total. The van der Waals surface area contributed by atoms with Crippen molar-refractivity contribution in [2.45, 2.75) is 25.4 Å². The molecular weight excluding hydrogens is 352 g/mol. The first-order valence-corrected chi connectivity index (χ1v) is 9.78. The first kappa shape index (κ1) is 17.4. The van der Waals surface area contributed by atoms with Crippen molar-refractivity contribution in [3.63, 3.8) is 0 Å². The molecule has 0 saturated carbocycles. The summed E-state index contributed by atoms with van der Waals surface area (Å²) in [6.07, 6.45) is 2.05. The zero-order valence-electron chi connectivity index (χ0n) is 16.3. The van der Waals surface area contributed by atoms with E-state index in [0.29, 0.717) is 11.9 Å². The van der Waals surface area contributed by atoms with Crippen molar-refractivity contribution in [3.8, 4) is 11.5 Å². The second-order valence-corrected chi connectivity index (χ2v) is 7.67. The van der Waals surface area contributed by atoms with Crippen LogP contribution >= 0.6 is 0 Å². The largest absolute Gasteiger partial charge is 0.436 e. The van der Waals surface area contributed by atoms with Crippen LogP contribution in [0, 0.1) is 0 Å². The van der Waals surface area contributed by atoms with Gasteiger partial charge in [-0.3, -0.25) is 0 Å². The average molecular weight is 376 g/mol. The third kappa shape index (κ3) is 3.08. The Bertz CT molecular complexity index is 1090. The molecule has 144 valence electrons. The zero-order chi connectivity index (χ0) is 19.1. The fraction of sp³-hybridized carbons (Fsp3) is 0.364. The number of hydrogen-bond acceptors (Lipinski definition) is 5. The highest BCUT2D eigenvalue weighted by molar-refractivity contribution is 5.83. The molecule has 0 N–H and O–H groups in total. The number of oxazole rings is 1. The van der Waals surface area contributed by atoms with Crippen LogP contribution in [0.3, 0.4) is 0 Å². The van der Waals surface area contributed by atoms with E-state index in [1.54, 1.807) is 0 Å². The molecular formula is C22H24N4O2. The van der Waals surface area contributed by atoms with Gasteiger partial charge in [0.25, 0.3) is 0 Å². The molecule has 0 radical (unpaired) electrons. The van der Waals surface area contributed by atoms with Crippen molar-refractivity contribution >= 4 is 22.1 Å². The van der Waals surface area contributed by atoms with E-state index in [-0.39, 0.29) is 0 Å². The Morgan fingerprint density at radius 3 is 2.64 bits per heavy atom. The van der Waals surface area contributed by atoms with Crippen molar-refractivity contribution in [3.05, 3.63) is 48.3 Å². The molecule has 0 bridgehead atoms. The number of ether oxygens (including phenoxy) is 1. The number of imidazole rings is 1. The van der Waals surface area contributed by atoms with Crippen LogP contribution in [0.4, 0.5) is 0 Å². The molecule has 3 heterocycles. The van der Waals surface area contributed by atoms with Crippen LogP contribution < -0.4 is 0 Å². The Kier molecular flexibility index (Phi) is 4.37. The van der Waals surface area contributed by atoms with Gasteiger partial charge in [0.2, 0.25) is 5.89 Å². The molecule has 0 aliphatic carbocycles. The molecule has 0 atom stereocenters. The summed E-state index contributed by atoms with van der Waals surface area (Å²) in [5, 5.41) is 0. The highest BCUT2D eigenvalue weighted by Crippen LogP contribution is 2.32. The highest BCUT2D eigenvalue weighted by Gasteiger charge is 2.22. The molecule has 4 aromatic rings. The lowest BCUT2D eigenvalue weighted by atomic mass is 10.1. The van der Waals surface area contributed by atoms with Gasteiger partial charge in [-0.15, -0.1) is 0 Å². The molecule has 2 aromatic heterocycles. The second-order valence-electron chi connectivity index (χ2n) is 7.67. The van der Waals surface area contributed by atoms with Gasteiger partial charge >= 0.3 is 0 Å². The van der Waals surface area contributed by atoms with Crippen LogP contribution in [-0.2, 0) is 11.3 Å². The molecule has 2 aromatic carbocycles. The van der Waals surface area contributed by atoms with Crippen molar-refractivity contribution < 1.29 is 9.15 Å². The van der Waals surface area contributed by atoms with Gasteiger partial charge < -0.3 is 18.6 Å². The van der Waals surface area contributed by atoms with Crippen LogP contribution in [0.1, 0.15) is 24.7 Å². The lowest BCUT2D eigenvalue weighted by molar-refractivity contribution is 0.0694. The van der Waals surface area contributed by atoms with Crippen LogP contribution in [0.25, 0.3) is 33.6 Å². The van der Waals surface area contributed by atoms with Gasteiger partial charge in [-0.25, -0.2) is 9.97 Å². The van der Waals surface area contributed by atoms with Gasteiger partial charge in [-0.2, -0.15) is 0 Å². The molecule has 0 spiro atoms. The maximum Gasteiger partial charge on any atom is 0.227 e. The monoisotopic (exact) mass is 376 g/mol. The minimum absolute atomic E-state index is 0.434. The first-order chi connectivity index (χ1) is 13.7. The third-order valence-corrected chi connectivity index (χ3v) is 5.32. The quantitative estimate of drug-likeness (QED) is 0.533. The van der Waals surface area contributed by atoms with Gasteiger partial charge in [0.15, 0.2) is 5.58 Å². The third-order valence-electron chi connectivity index (χ3n) is 5.32. The molecule has 28 heavy (non-hydrogen) atoms. The standard InChI is InChI=1S/C22H24N4O2/c1-25(2)14-21-23-18-13-15(22-24-17-5-3-4-6-20(17)28-22)7-8-19(18)26(21)16-9-11-27-12-10-16/h3-8,13,16H,9-12,14H2,1-2H3. The minimum atomic E-state index is 0.434. The van der Waals surface area contributed by atoms with E-state index in [0.717, 1.165) is 60.6 Å². The van der Waals surface area contributed by atoms with E-state index >= 15 is 0 Å². The Morgan fingerprint density at radius 2 is 1.86 bits per heavy atom. The molecule has 0 amide bonds. The summed E-state index contributed by atoms with van der Waals surface area (Å²) >= 11 is 0. The summed E-state index contributed by atoms with van der Waals surface area (Å²) in [5.74, 6) is 1.74. The SMILES string of the molecule is CN(C)Cc1nc2cc(-c3nc4ccccc4o3)ccc2n1C1CCOCC1. The summed E-state index contributed by atoms with van der Waals surface area (Å²) in [7, 11) is 4.16. The number of fused-ring (bicyclic) bond motifs is 2. The van der Waals surface area contributed by atoms with Crippen LogP contribution in [0.5, 0.6) is 0 Å². The highest BCUT2D eigenvalue weighted by atomic mass is 16.5. The first-order valence-electron chi connectivity index (χ1n) is 9.78. The number of benzene rings is 2. The topological polar surface area (TPSA) is 56.3 Å². The van der Waals surface area contributed by atoms with E-state index in [2.05, 4.69) is 46.7 Å². The Hall–Kier alpha value is -2.70. The number of rotatable bonds is 4. The van der Waals surface area contributed by atoms with E-state index in [1.165, 1.54) is 5.52 Å². The van der Waals surface area contributed by atoms with Crippen LogP contribution in [0.2, 0.25) is 0 Å². The Balaban J connectivity index is 1.61. The van der Waals surface area contributed by atoms with Gasteiger partial charge in [-0.1, -0.05) is 12.1 Å². The average Bonchev–Trinajstić information content (AvgIpc) is 3.28. The predicted molar refractivity (Wildman–Crippen MR) is 109 cm³/mol. The normalized spacial score (nSPS) is 15.8.